The van der Waals surface area contributed by atoms with Crippen LogP contribution in [0, 0.1) is 40.4 Å². The molecule has 3 fully saturated rings. The van der Waals surface area contributed by atoms with Crippen molar-refractivity contribution in [2.24, 2.45) is 40.4 Å². The van der Waals surface area contributed by atoms with Crippen molar-refractivity contribution in [2.75, 3.05) is 13.2 Å². The standard InChI is InChI=1S/C23H38O5/c1-6-14-12-15(7-2)19(18(14)20(25)27-11-10-24)21(26)28-17-13-16-8-9-23(17,5)22(16,3)4/h14-19,24H,6-13H2,1-5H3. The van der Waals surface area contributed by atoms with Crippen LogP contribution in [0.2, 0.25) is 0 Å². The first-order chi connectivity index (χ1) is 13.2. The Morgan fingerprint density at radius 1 is 1.00 bits per heavy atom. The van der Waals surface area contributed by atoms with E-state index in [1.807, 2.05) is 0 Å². The zero-order valence-electron chi connectivity index (χ0n) is 18.2. The highest BCUT2D eigenvalue weighted by molar-refractivity contribution is 5.83. The fraction of sp³-hybridized carbons (Fsp3) is 0.913. The van der Waals surface area contributed by atoms with Crippen LogP contribution in [0.5, 0.6) is 0 Å². The number of hydrogen-bond acceptors (Lipinski definition) is 5. The molecule has 7 unspecified atom stereocenters. The highest BCUT2D eigenvalue weighted by Crippen LogP contribution is 2.66. The minimum Gasteiger partial charge on any atom is -0.463 e. The van der Waals surface area contributed by atoms with Crippen molar-refractivity contribution in [1.29, 1.82) is 0 Å². The number of ether oxygens (including phenoxy) is 2. The zero-order chi connectivity index (χ0) is 20.7. The molecule has 7 atom stereocenters. The highest BCUT2D eigenvalue weighted by Gasteiger charge is 2.63. The lowest BCUT2D eigenvalue weighted by molar-refractivity contribution is -0.171. The maximum absolute atomic E-state index is 13.4. The minimum absolute atomic E-state index is 0.0130. The Morgan fingerprint density at radius 3 is 2.07 bits per heavy atom. The van der Waals surface area contributed by atoms with Crippen LogP contribution >= 0.6 is 0 Å². The zero-order valence-corrected chi connectivity index (χ0v) is 18.2. The Kier molecular flexibility index (Phi) is 6.15. The van der Waals surface area contributed by atoms with Crippen LogP contribution in [-0.2, 0) is 19.1 Å². The number of esters is 2. The molecular weight excluding hydrogens is 356 g/mol. The van der Waals surface area contributed by atoms with Crippen LogP contribution < -0.4 is 0 Å². The van der Waals surface area contributed by atoms with Gasteiger partial charge >= 0.3 is 11.9 Å². The second-order valence-electron chi connectivity index (χ2n) is 10.1. The Bertz CT molecular complexity index is 600. The van der Waals surface area contributed by atoms with Crippen molar-refractivity contribution >= 4 is 11.9 Å². The van der Waals surface area contributed by atoms with Gasteiger partial charge in [0.15, 0.2) is 0 Å². The molecule has 3 rings (SSSR count). The largest absolute Gasteiger partial charge is 0.463 e. The molecule has 3 aliphatic rings. The molecule has 0 spiro atoms. The van der Waals surface area contributed by atoms with Crippen molar-refractivity contribution in [3.05, 3.63) is 0 Å². The smallest absolute Gasteiger partial charge is 0.310 e. The summed E-state index contributed by atoms with van der Waals surface area (Å²) in [5.41, 5.74) is 0.202. The van der Waals surface area contributed by atoms with Gasteiger partial charge in [-0.25, -0.2) is 0 Å². The van der Waals surface area contributed by atoms with Crippen molar-refractivity contribution in [3.8, 4) is 0 Å². The fourth-order valence-electron chi connectivity index (χ4n) is 6.56. The molecule has 0 amide bonds. The summed E-state index contributed by atoms with van der Waals surface area (Å²) in [4.78, 5) is 26.1. The van der Waals surface area contributed by atoms with E-state index in [4.69, 9.17) is 14.6 Å². The van der Waals surface area contributed by atoms with Gasteiger partial charge in [0.1, 0.15) is 12.7 Å². The number of rotatable bonds is 7. The summed E-state index contributed by atoms with van der Waals surface area (Å²) >= 11 is 0. The summed E-state index contributed by atoms with van der Waals surface area (Å²) in [6.45, 7) is 10.8. The van der Waals surface area contributed by atoms with Crippen molar-refractivity contribution in [2.45, 2.75) is 79.2 Å². The molecule has 0 radical (unpaired) electrons. The van der Waals surface area contributed by atoms with Gasteiger partial charge in [0.2, 0.25) is 0 Å². The lowest BCUT2D eigenvalue weighted by Gasteiger charge is -2.39. The van der Waals surface area contributed by atoms with Gasteiger partial charge in [0, 0.05) is 5.41 Å². The topological polar surface area (TPSA) is 72.8 Å². The third-order valence-corrected chi connectivity index (χ3v) is 8.91. The Morgan fingerprint density at radius 2 is 1.61 bits per heavy atom. The van der Waals surface area contributed by atoms with Crippen molar-refractivity contribution in [3.63, 3.8) is 0 Å². The summed E-state index contributed by atoms with van der Waals surface area (Å²) in [7, 11) is 0. The van der Waals surface area contributed by atoms with Gasteiger partial charge in [-0.3, -0.25) is 9.59 Å². The fourth-order valence-corrected chi connectivity index (χ4v) is 6.56. The number of aliphatic hydroxyl groups excluding tert-OH is 1. The third-order valence-electron chi connectivity index (χ3n) is 8.91. The normalized spacial score (nSPS) is 41.2. The Labute approximate surface area is 169 Å². The van der Waals surface area contributed by atoms with Gasteiger partial charge in [-0.05, 0) is 48.9 Å². The maximum atomic E-state index is 13.4. The van der Waals surface area contributed by atoms with E-state index in [1.54, 1.807) is 0 Å². The number of aliphatic hydroxyl groups is 1. The van der Waals surface area contributed by atoms with Crippen LogP contribution in [0.15, 0.2) is 0 Å². The molecule has 0 aromatic rings. The molecule has 3 aliphatic carbocycles. The van der Waals surface area contributed by atoms with E-state index in [-0.39, 0.29) is 53.9 Å². The summed E-state index contributed by atoms with van der Waals surface area (Å²) in [5, 5.41) is 9.01. The lowest BCUT2D eigenvalue weighted by atomic mass is 9.70. The molecule has 2 bridgehead atoms. The number of carbonyl (C=O) groups is 2. The molecule has 0 heterocycles. The quantitative estimate of drug-likeness (QED) is 0.662. The molecule has 160 valence electrons. The molecule has 3 saturated carbocycles. The van der Waals surface area contributed by atoms with E-state index in [0.717, 1.165) is 32.1 Å². The predicted octanol–water partition coefficient (Wildman–Crippen LogP) is 3.97. The molecule has 1 N–H and O–H groups in total. The highest BCUT2D eigenvalue weighted by atomic mass is 16.6. The van der Waals surface area contributed by atoms with Gasteiger partial charge in [-0.2, -0.15) is 0 Å². The molecule has 0 aliphatic heterocycles. The average Bonchev–Trinajstić information content (AvgIpc) is 3.21. The SMILES string of the molecule is CCC1CC(CC)C(C(=O)OC2CC3CCC2(C)C3(C)C)C1C(=O)OCCO. The number of hydrogen-bond donors (Lipinski definition) is 1. The summed E-state index contributed by atoms with van der Waals surface area (Å²) in [6.07, 6.45) is 5.76. The maximum Gasteiger partial charge on any atom is 0.310 e. The van der Waals surface area contributed by atoms with Crippen LogP contribution in [0.4, 0.5) is 0 Å². The van der Waals surface area contributed by atoms with E-state index >= 15 is 0 Å². The lowest BCUT2D eigenvalue weighted by Crippen LogP contribution is -2.42. The Hall–Kier alpha value is -1.10. The summed E-state index contributed by atoms with van der Waals surface area (Å²) < 4.78 is 11.4. The van der Waals surface area contributed by atoms with E-state index in [0.29, 0.717) is 5.92 Å². The first-order valence-corrected chi connectivity index (χ1v) is 11.2. The van der Waals surface area contributed by atoms with Crippen LogP contribution in [0.25, 0.3) is 0 Å². The molecule has 5 nitrogen and oxygen atoms in total. The van der Waals surface area contributed by atoms with Gasteiger partial charge in [0.25, 0.3) is 0 Å². The van der Waals surface area contributed by atoms with E-state index in [2.05, 4.69) is 34.6 Å². The van der Waals surface area contributed by atoms with E-state index in [9.17, 15) is 9.59 Å². The second kappa shape index (κ2) is 7.97. The van der Waals surface area contributed by atoms with E-state index in [1.165, 1.54) is 6.42 Å². The van der Waals surface area contributed by atoms with E-state index < -0.39 is 11.8 Å². The molecule has 28 heavy (non-hydrogen) atoms. The Balaban J connectivity index is 1.78. The number of carbonyl (C=O) groups excluding carboxylic acids is 2. The minimum atomic E-state index is -0.451. The molecule has 0 aromatic carbocycles. The van der Waals surface area contributed by atoms with Crippen LogP contribution in [0.3, 0.4) is 0 Å². The summed E-state index contributed by atoms with van der Waals surface area (Å²) in [6, 6.07) is 0. The monoisotopic (exact) mass is 394 g/mol. The van der Waals surface area contributed by atoms with Gasteiger partial charge in [-0.1, -0.05) is 47.5 Å². The average molecular weight is 395 g/mol. The molecule has 0 saturated heterocycles. The van der Waals surface area contributed by atoms with Gasteiger partial charge in [-0.15, -0.1) is 0 Å². The molecular formula is C23H38O5. The first kappa shape index (κ1) is 21.6. The van der Waals surface area contributed by atoms with Crippen molar-refractivity contribution in [1.82, 2.24) is 0 Å². The van der Waals surface area contributed by atoms with Gasteiger partial charge in [0.05, 0.1) is 18.4 Å². The second-order valence-corrected chi connectivity index (χ2v) is 10.1. The van der Waals surface area contributed by atoms with Crippen LogP contribution in [0.1, 0.15) is 73.1 Å². The predicted molar refractivity (Wildman–Crippen MR) is 106 cm³/mol. The first-order valence-electron chi connectivity index (χ1n) is 11.2. The third kappa shape index (κ3) is 3.28. The molecule has 5 heteroatoms. The van der Waals surface area contributed by atoms with Gasteiger partial charge < -0.3 is 14.6 Å². The van der Waals surface area contributed by atoms with Crippen LogP contribution in [-0.4, -0.2) is 36.4 Å². The number of fused-ring (bicyclic) bond motifs is 2. The van der Waals surface area contributed by atoms with Crippen molar-refractivity contribution < 1.29 is 24.2 Å². The molecule has 0 aromatic heterocycles. The summed E-state index contributed by atoms with van der Waals surface area (Å²) in [5.74, 6) is -0.527.